The quantitative estimate of drug-likeness (QED) is 0.323. The standard InChI is InChI=1S/C35H42F2N8O3/c1-34-17-28-27(16-29(34)35(34,36)37)31(42-41-28)33(48)39-23-18-38-45(20-23)25-10-12-43(13-11-25)19-21-8-14-44(15-9-21)24-4-2-22(3-5-24)26-6-7-30(46)40-32(26)47/h2-5,18,20-21,25-26,29H,6-17,19H2,1H3,(H,39,48)(H,41,42)(H,40,46,47). The summed E-state index contributed by atoms with van der Waals surface area (Å²) in [4.78, 5) is 41.8. The van der Waals surface area contributed by atoms with E-state index in [1.165, 1.54) is 5.69 Å². The van der Waals surface area contributed by atoms with Crippen LogP contribution in [0.5, 0.6) is 0 Å². The minimum atomic E-state index is -2.70. The molecule has 3 aliphatic heterocycles. The number of hydrogen-bond acceptors (Lipinski definition) is 7. The first-order valence-electron chi connectivity index (χ1n) is 17.3. The first kappa shape index (κ1) is 31.2. The van der Waals surface area contributed by atoms with Gasteiger partial charge in [-0.25, -0.2) is 8.78 Å². The average Bonchev–Trinajstić information content (AvgIpc) is 3.50. The molecule has 3 unspecified atom stereocenters. The molecular weight excluding hydrogens is 618 g/mol. The van der Waals surface area contributed by atoms with Crippen LogP contribution >= 0.6 is 0 Å². The predicted molar refractivity (Wildman–Crippen MR) is 174 cm³/mol. The topological polar surface area (TPSA) is 128 Å². The van der Waals surface area contributed by atoms with Crippen LogP contribution in [-0.4, -0.2) is 81.2 Å². The fourth-order valence-corrected chi connectivity index (χ4v) is 8.62. The maximum atomic E-state index is 14.3. The summed E-state index contributed by atoms with van der Waals surface area (Å²) in [6, 6.07) is 8.52. The van der Waals surface area contributed by atoms with Gasteiger partial charge >= 0.3 is 0 Å². The Morgan fingerprint density at radius 2 is 1.79 bits per heavy atom. The Morgan fingerprint density at radius 3 is 2.52 bits per heavy atom. The lowest BCUT2D eigenvalue weighted by Crippen LogP contribution is -2.42. The second-order valence-corrected chi connectivity index (χ2v) is 14.7. The van der Waals surface area contributed by atoms with Crippen LogP contribution in [0.3, 0.4) is 0 Å². The Labute approximate surface area is 277 Å². The summed E-state index contributed by atoms with van der Waals surface area (Å²) in [5.41, 5.74) is 3.14. The molecule has 48 heavy (non-hydrogen) atoms. The molecule has 2 aromatic heterocycles. The number of imide groups is 1. The summed E-state index contributed by atoms with van der Waals surface area (Å²) < 4.78 is 30.6. The number of nitrogens with one attached hydrogen (secondary N) is 3. The maximum absolute atomic E-state index is 14.3. The Balaban J connectivity index is 0.784. The maximum Gasteiger partial charge on any atom is 0.276 e. The molecule has 3 saturated heterocycles. The van der Waals surface area contributed by atoms with Crippen molar-refractivity contribution in [2.75, 3.05) is 42.9 Å². The summed E-state index contributed by atoms with van der Waals surface area (Å²) in [6.07, 6.45) is 9.06. The number of benzene rings is 1. The van der Waals surface area contributed by atoms with E-state index in [1.54, 1.807) is 13.1 Å². The first-order valence-corrected chi connectivity index (χ1v) is 17.3. The highest BCUT2D eigenvalue weighted by Gasteiger charge is 2.78. The third-order valence-electron chi connectivity index (χ3n) is 11.8. The minimum Gasteiger partial charge on any atom is -0.372 e. The van der Waals surface area contributed by atoms with E-state index in [1.807, 2.05) is 23.0 Å². The van der Waals surface area contributed by atoms with Crippen LogP contribution in [0.4, 0.5) is 20.2 Å². The number of likely N-dealkylation sites (tertiary alicyclic amines) is 1. The fourth-order valence-electron chi connectivity index (χ4n) is 8.62. The van der Waals surface area contributed by atoms with E-state index < -0.39 is 23.2 Å². The van der Waals surface area contributed by atoms with Gasteiger partial charge in [0, 0.05) is 80.0 Å². The number of carbonyl (C=O) groups is 3. The number of halogens is 2. The number of hydrogen-bond donors (Lipinski definition) is 3. The fraction of sp³-hybridized carbons (Fsp3) is 0.571. The first-order chi connectivity index (χ1) is 23.1. The third-order valence-corrected chi connectivity index (χ3v) is 11.8. The van der Waals surface area contributed by atoms with Gasteiger partial charge in [0.1, 0.15) is 0 Å². The van der Waals surface area contributed by atoms with E-state index in [9.17, 15) is 23.2 Å². The summed E-state index contributed by atoms with van der Waals surface area (Å²) in [7, 11) is 0. The number of carbonyl (C=O) groups excluding carboxylic acids is 3. The van der Waals surface area contributed by atoms with Gasteiger partial charge in [-0.2, -0.15) is 10.2 Å². The number of amides is 3. The van der Waals surface area contributed by atoms with Crippen molar-refractivity contribution in [1.29, 1.82) is 0 Å². The van der Waals surface area contributed by atoms with E-state index >= 15 is 0 Å². The smallest absolute Gasteiger partial charge is 0.276 e. The van der Waals surface area contributed by atoms with Gasteiger partial charge in [0.2, 0.25) is 11.8 Å². The number of nitrogens with zero attached hydrogens (tertiary/aromatic N) is 5. The number of anilines is 2. The van der Waals surface area contributed by atoms with Crippen molar-refractivity contribution in [3.8, 4) is 0 Å². The Morgan fingerprint density at radius 1 is 1.04 bits per heavy atom. The van der Waals surface area contributed by atoms with Gasteiger partial charge in [0.15, 0.2) is 5.69 Å². The highest BCUT2D eigenvalue weighted by atomic mass is 19.3. The molecule has 11 nitrogen and oxygen atoms in total. The van der Waals surface area contributed by atoms with Crippen LogP contribution in [0, 0.1) is 17.3 Å². The number of aromatic nitrogens is 4. The van der Waals surface area contributed by atoms with Gasteiger partial charge in [-0.15, -0.1) is 0 Å². The van der Waals surface area contributed by atoms with Crippen molar-refractivity contribution < 1.29 is 23.2 Å². The van der Waals surface area contributed by atoms with Gasteiger partial charge in [-0.1, -0.05) is 19.1 Å². The molecular formula is C35H42F2N8O3. The van der Waals surface area contributed by atoms with E-state index in [-0.39, 0.29) is 42.3 Å². The number of alkyl halides is 2. The van der Waals surface area contributed by atoms with Gasteiger partial charge in [0.25, 0.3) is 11.8 Å². The van der Waals surface area contributed by atoms with Crippen molar-refractivity contribution in [3.05, 3.63) is 59.2 Å². The summed E-state index contributed by atoms with van der Waals surface area (Å²) in [6.45, 7) is 6.72. The zero-order valence-electron chi connectivity index (χ0n) is 27.2. The molecule has 2 aliphatic carbocycles. The van der Waals surface area contributed by atoms with E-state index in [4.69, 9.17) is 0 Å². The zero-order valence-corrected chi connectivity index (χ0v) is 27.2. The molecule has 3 aromatic rings. The second-order valence-electron chi connectivity index (χ2n) is 14.7. The lowest BCUT2D eigenvalue weighted by molar-refractivity contribution is -0.134. The van der Waals surface area contributed by atoms with E-state index in [0.717, 1.165) is 64.0 Å². The molecule has 0 radical (unpaired) electrons. The van der Waals surface area contributed by atoms with Gasteiger partial charge in [-0.3, -0.25) is 29.5 Å². The molecule has 0 spiro atoms. The SMILES string of the molecule is CC12Cc3[nH]nc(C(=O)Nc4cnn(C5CCN(CC6CCN(c7ccc(C8CCC(=O)NC8=O)cc7)CC6)CC5)c4)c3CC1C2(F)F. The molecule has 1 saturated carbocycles. The average molecular weight is 661 g/mol. The summed E-state index contributed by atoms with van der Waals surface area (Å²) in [5.74, 6) is -3.82. The van der Waals surface area contributed by atoms with Gasteiger partial charge < -0.3 is 15.1 Å². The number of piperidine rings is 3. The van der Waals surface area contributed by atoms with Crippen LogP contribution in [0.1, 0.15) is 84.7 Å². The van der Waals surface area contributed by atoms with Crippen molar-refractivity contribution in [2.45, 2.75) is 76.2 Å². The van der Waals surface area contributed by atoms with Gasteiger partial charge in [0.05, 0.1) is 23.8 Å². The van der Waals surface area contributed by atoms with E-state index in [0.29, 0.717) is 35.7 Å². The van der Waals surface area contributed by atoms with Crippen molar-refractivity contribution in [1.82, 2.24) is 30.2 Å². The summed E-state index contributed by atoms with van der Waals surface area (Å²) in [5, 5.41) is 16.9. The third kappa shape index (κ3) is 5.49. The minimum absolute atomic E-state index is 0.164. The molecule has 3 N–H and O–H groups in total. The van der Waals surface area contributed by atoms with Crippen LogP contribution in [0.15, 0.2) is 36.7 Å². The Bertz CT molecular complexity index is 1720. The number of fused-ring (bicyclic) bond motifs is 2. The Hall–Kier alpha value is -4.13. The molecule has 5 aliphatic rings. The molecule has 13 heteroatoms. The molecule has 3 atom stereocenters. The number of rotatable bonds is 7. The van der Waals surface area contributed by atoms with Gasteiger partial charge in [-0.05, 0) is 62.1 Å². The molecule has 4 fully saturated rings. The molecule has 3 amide bonds. The normalized spacial score (nSPS) is 27.7. The molecule has 0 bridgehead atoms. The summed E-state index contributed by atoms with van der Waals surface area (Å²) >= 11 is 0. The van der Waals surface area contributed by atoms with Crippen LogP contribution < -0.4 is 15.5 Å². The second kappa shape index (κ2) is 11.8. The number of H-pyrrole nitrogens is 1. The predicted octanol–water partition coefficient (Wildman–Crippen LogP) is 4.30. The van der Waals surface area contributed by atoms with Crippen molar-refractivity contribution in [2.24, 2.45) is 17.3 Å². The highest BCUT2D eigenvalue weighted by Crippen LogP contribution is 2.70. The molecule has 254 valence electrons. The van der Waals surface area contributed by atoms with Crippen molar-refractivity contribution >= 4 is 29.1 Å². The molecule has 1 aromatic carbocycles. The van der Waals surface area contributed by atoms with Crippen LogP contribution in [0.25, 0.3) is 0 Å². The zero-order chi connectivity index (χ0) is 33.2. The molecule has 5 heterocycles. The van der Waals surface area contributed by atoms with Crippen LogP contribution in [-0.2, 0) is 22.4 Å². The van der Waals surface area contributed by atoms with Crippen molar-refractivity contribution in [3.63, 3.8) is 0 Å². The lowest BCUT2D eigenvalue weighted by Gasteiger charge is -2.38. The van der Waals surface area contributed by atoms with E-state index in [2.05, 4.69) is 47.9 Å². The largest absolute Gasteiger partial charge is 0.372 e. The Kier molecular flexibility index (Phi) is 7.65. The number of aromatic amines is 1. The lowest BCUT2D eigenvalue weighted by atomic mass is 9.87. The highest BCUT2D eigenvalue weighted by molar-refractivity contribution is 6.04. The molecule has 8 rings (SSSR count). The monoisotopic (exact) mass is 660 g/mol. The van der Waals surface area contributed by atoms with Crippen LogP contribution in [0.2, 0.25) is 0 Å².